The number of rotatable bonds is 6. The van der Waals surface area contributed by atoms with Crippen molar-refractivity contribution in [2.24, 2.45) is 11.3 Å². The Hall–Kier alpha value is -1.22. The number of hydrogen-bond acceptors (Lipinski definition) is 3. The van der Waals surface area contributed by atoms with Gasteiger partial charge in [0, 0.05) is 6.42 Å². The normalized spacial score (nSPS) is 12.6. The molecule has 0 N–H and O–H groups in total. The summed E-state index contributed by atoms with van der Waals surface area (Å²) in [4.78, 5) is 0. The van der Waals surface area contributed by atoms with Gasteiger partial charge in [-0.05, 0) is 24.2 Å². The van der Waals surface area contributed by atoms with Gasteiger partial charge in [0.1, 0.15) is 6.61 Å². The smallest absolute Gasteiger partial charge is 0.286 e. The molecule has 0 bridgehead atoms. The Labute approximate surface area is 86.3 Å². The van der Waals surface area contributed by atoms with Gasteiger partial charge in [0.2, 0.25) is 0 Å². The van der Waals surface area contributed by atoms with E-state index in [9.17, 15) is 0 Å². The van der Waals surface area contributed by atoms with E-state index in [4.69, 9.17) is 10.5 Å². The van der Waals surface area contributed by atoms with Crippen molar-refractivity contribution in [3.8, 4) is 12.3 Å². The molecule has 0 heterocycles. The maximum Gasteiger partial charge on any atom is 0.286 e. The lowest BCUT2D eigenvalue weighted by Crippen LogP contribution is -2.18. The molecule has 14 heavy (non-hydrogen) atoms. The van der Waals surface area contributed by atoms with Crippen LogP contribution in [0, 0.1) is 34.2 Å². The average Bonchev–Trinajstić information content (AvgIpc) is 2.11. The Morgan fingerprint density at radius 1 is 1.36 bits per heavy atom. The molecule has 0 radical (unpaired) electrons. The number of hydrogen-bond donors (Lipinski definition) is 0. The molecule has 0 fully saturated rings. The van der Waals surface area contributed by atoms with Crippen LogP contribution >= 0.6 is 0 Å². The predicted octanol–water partition coefficient (Wildman–Crippen LogP) is 2.84. The molecule has 0 aliphatic carbocycles. The van der Waals surface area contributed by atoms with Crippen molar-refractivity contribution in [2.75, 3.05) is 6.61 Å². The highest BCUT2D eigenvalue weighted by molar-refractivity contribution is 4.78. The van der Waals surface area contributed by atoms with Crippen LogP contribution in [0.3, 0.4) is 0 Å². The van der Waals surface area contributed by atoms with Crippen LogP contribution in [0.15, 0.2) is 0 Å². The molecule has 0 aliphatic heterocycles. The molecule has 0 aromatic heterocycles. The summed E-state index contributed by atoms with van der Waals surface area (Å²) in [5, 5.41) is 16.7. The lowest BCUT2D eigenvalue weighted by atomic mass is 9.80. The van der Waals surface area contributed by atoms with Crippen molar-refractivity contribution >= 4 is 0 Å². The molecule has 0 saturated heterocycles. The summed E-state index contributed by atoms with van der Waals surface area (Å²) < 4.78 is 4.69. The summed E-state index contributed by atoms with van der Waals surface area (Å²) in [6.45, 7) is 6.83. The van der Waals surface area contributed by atoms with E-state index in [0.29, 0.717) is 18.9 Å². The van der Waals surface area contributed by atoms with Gasteiger partial charge in [-0.2, -0.15) is 10.5 Å². The molecule has 0 spiro atoms. The molecule has 1 unspecified atom stereocenters. The van der Waals surface area contributed by atoms with E-state index >= 15 is 0 Å². The van der Waals surface area contributed by atoms with E-state index in [-0.39, 0.29) is 5.41 Å². The van der Waals surface area contributed by atoms with Crippen LogP contribution in [0.2, 0.25) is 0 Å². The fourth-order valence-electron chi connectivity index (χ4n) is 1.68. The first-order chi connectivity index (χ1) is 6.52. The third kappa shape index (κ3) is 6.31. The molecule has 0 amide bonds. The Morgan fingerprint density at radius 3 is 2.50 bits per heavy atom. The van der Waals surface area contributed by atoms with Gasteiger partial charge in [0.05, 0.1) is 6.07 Å². The highest BCUT2D eigenvalue weighted by atomic mass is 16.5. The molecule has 0 aromatic rings. The topological polar surface area (TPSA) is 56.8 Å². The first-order valence-electron chi connectivity index (χ1n) is 4.89. The van der Waals surface area contributed by atoms with Gasteiger partial charge in [-0.15, -0.1) is 0 Å². The molecule has 0 aromatic carbocycles. The van der Waals surface area contributed by atoms with Crippen LogP contribution in [0.5, 0.6) is 0 Å². The predicted molar refractivity (Wildman–Crippen MR) is 54.0 cm³/mol. The molecule has 3 nitrogen and oxygen atoms in total. The largest absolute Gasteiger partial charge is 0.427 e. The lowest BCUT2D eigenvalue weighted by molar-refractivity contribution is 0.168. The van der Waals surface area contributed by atoms with Gasteiger partial charge in [-0.3, -0.25) is 0 Å². The van der Waals surface area contributed by atoms with Crippen LogP contribution in [-0.4, -0.2) is 6.61 Å². The number of nitriles is 2. The van der Waals surface area contributed by atoms with Gasteiger partial charge in [0.25, 0.3) is 6.26 Å². The molecule has 0 rings (SSSR count). The molecule has 78 valence electrons. The van der Waals surface area contributed by atoms with Gasteiger partial charge >= 0.3 is 0 Å². The monoisotopic (exact) mass is 194 g/mol. The number of nitrogens with zero attached hydrogens (tertiary/aromatic N) is 2. The van der Waals surface area contributed by atoms with E-state index in [1.807, 2.05) is 0 Å². The summed E-state index contributed by atoms with van der Waals surface area (Å²) >= 11 is 0. The Bertz CT molecular complexity index is 235. The minimum absolute atomic E-state index is 0.161. The van der Waals surface area contributed by atoms with Gasteiger partial charge in [-0.25, -0.2) is 0 Å². The van der Waals surface area contributed by atoms with E-state index in [2.05, 4.69) is 31.6 Å². The van der Waals surface area contributed by atoms with Crippen molar-refractivity contribution in [3.05, 3.63) is 0 Å². The summed E-state index contributed by atoms with van der Waals surface area (Å²) in [7, 11) is 0. The average molecular weight is 194 g/mol. The second-order valence-corrected chi connectivity index (χ2v) is 4.53. The summed E-state index contributed by atoms with van der Waals surface area (Å²) in [5.74, 6) is 0.364. The Kier molecular flexibility index (Phi) is 5.72. The Balaban J connectivity index is 3.84. The van der Waals surface area contributed by atoms with Gasteiger partial charge in [0.15, 0.2) is 0 Å². The van der Waals surface area contributed by atoms with Crippen molar-refractivity contribution in [2.45, 2.75) is 40.0 Å². The fraction of sp³-hybridized carbons (Fsp3) is 0.818. The molecular weight excluding hydrogens is 176 g/mol. The second-order valence-electron chi connectivity index (χ2n) is 4.53. The second kappa shape index (κ2) is 6.27. The maximum absolute atomic E-state index is 8.49. The molecule has 3 heteroatoms. The summed E-state index contributed by atoms with van der Waals surface area (Å²) in [5.41, 5.74) is 0.161. The van der Waals surface area contributed by atoms with Crippen LogP contribution in [0.1, 0.15) is 40.0 Å². The highest BCUT2D eigenvalue weighted by Gasteiger charge is 2.20. The molecule has 0 saturated carbocycles. The van der Waals surface area contributed by atoms with Gasteiger partial charge < -0.3 is 4.74 Å². The fourth-order valence-corrected chi connectivity index (χ4v) is 1.68. The minimum atomic E-state index is 0.161. The third-order valence-corrected chi connectivity index (χ3v) is 2.25. The van der Waals surface area contributed by atoms with Crippen LogP contribution < -0.4 is 0 Å². The highest BCUT2D eigenvalue weighted by Crippen LogP contribution is 2.30. The lowest BCUT2D eigenvalue weighted by Gasteiger charge is -2.26. The Morgan fingerprint density at radius 2 is 2.00 bits per heavy atom. The van der Waals surface area contributed by atoms with E-state index in [0.717, 1.165) is 12.8 Å². The van der Waals surface area contributed by atoms with Crippen LogP contribution in [-0.2, 0) is 4.74 Å². The number of ether oxygens (including phenoxy) is 1. The van der Waals surface area contributed by atoms with Crippen LogP contribution in [0.4, 0.5) is 0 Å². The minimum Gasteiger partial charge on any atom is -0.427 e. The zero-order valence-corrected chi connectivity index (χ0v) is 9.21. The quantitative estimate of drug-likeness (QED) is 0.611. The maximum atomic E-state index is 8.49. The summed E-state index contributed by atoms with van der Waals surface area (Å²) in [6, 6.07) is 2.16. The SMILES string of the molecule is CC(COC#N)CC(C)(C)CCC#N. The molecule has 1 atom stereocenters. The van der Waals surface area contributed by atoms with Crippen molar-refractivity contribution in [1.82, 2.24) is 0 Å². The zero-order chi connectivity index (χ0) is 11.0. The van der Waals surface area contributed by atoms with Crippen LogP contribution in [0.25, 0.3) is 0 Å². The third-order valence-electron chi connectivity index (χ3n) is 2.25. The first kappa shape index (κ1) is 12.8. The van der Waals surface area contributed by atoms with E-state index in [1.54, 1.807) is 6.26 Å². The van der Waals surface area contributed by atoms with Crippen molar-refractivity contribution in [1.29, 1.82) is 10.5 Å². The molecule has 0 aliphatic rings. The first-order valence-corrected chi connectivity index (χ1v) is 4.89. The standard InChI is InChI=1S/C11H18N2O/c1-10(8-14-9-13)7-11(2,3)5-4-6-12/h10H,4-5,7-8H2,1-3H3. The van der Waals surface area contributed by atoms with Crippen molar-refractivity contribution in [3.63, 3.8) is 0 Å². The zero-order valence-electron chi connectivity index (χ0n) is 9.21. The van der Waals surface area contributed by atoms with Crippen molar-refractivity contribution < 1.29 is 4.74 Å². The molecular formula is C11H18N2O. The summed E-state index contributed by atoms with van der Waals surface area (Å²) in [6.07, 6.45) is 4.16. The van der Waals surface area contributed by atoms with Gasteiger partial charge in [-0.1, -0.05) is 20.8 Å². The van der Waals surface area contributed by atoms with E-state index in [1.165, 1.54) is 0 Å². The van der Waals surface area contributed by atoms with E-state index < -0.39 is 0 Å².